The Morgan fingerprint density at radius 2 is 1.31 bits per heavy atom. The van der Waals surface area contributed by atoms with Crippen molar-refractivity contribution in [2.75, 3.05) is 0 Å². The van der Waals surface area contributed by atoms with Crippen LogP contribution in [0.25, 0.3) is 0 Å². The lowest BCUT2D eigenvalue weighted by Crippen LogP contribution is -2.35. The Bertz CT molecular complexity index is 1240. The highest BCUT2D eigenvalue weighted by molar-refractivity contribution is 5.95. The Balaban J connectivity index is 1.99. The first-order chi connectivity index (χ1) is 17.0. The van der Waals surface area contributed by atoms with Crippen molar-refractivity contribution in [1.29, 1.82) is 0 Å². The molecule has 5 nitrogen and oxygen atoms in total. The smallest absolute Gasteiger partial charge is 0.260 e. The zero-order chi connectivity index (χ0) is 26.6. The molecular weight excluding hydrogens is 490 g/mol. The number of hydrogen-bond acceptors (Lipinski definition) is 3. The first-order valence-corrected chi connectivity index (χ1v) is 10.6. The van der Waals surface area contributed by atoms with E-state index in [1.807, 2.05) is 0 Å². The Labute approximate surface area is 201 Å². The number of aryl methyl sites for hydroxylation is 1. The molecule has 0 aliphatic heterocycles. The predicted molar refractivity (Wildman–Crippen MR) is 116 cm³/mol. The number of halogens is 6. The second-order valence-corrected chi connectivity index (χ2v) is 7.96. The standard InChI is InChI=1S/C25H20F6N2O3/c1-13(16-7-9-17(26)10-8-16)33(12-15-4-2-14(3-5-15)6-11-18(34)32-36)25(35)19-20(27)22(29)24(31)23(30)21(19)28/h2-5,7-10,13,36H,6,11-12H2,1H3,(H,32,34). The first-order valence-electron chi connectivity index (χ1n) is 10.6. The second kappa shape index (κ2) is 11.3. The van der Waals surface area contributed by atoms with Crippen molar-refractivity contribution in [2.45, 2.75) is 32.4 Å². The molecule has 3 aromatic carbocycles. The van der Waals surface area contributed by atoms with E-state index in [1.54, 1.807) is 24.3 Å². The zero-order valence-electron chi connectivity index (χ0n) is 18.8. The molecule has 190 valence electrons. The van der Waals surface area contributed by atoms with Crippen molar-refractivity contribution in [3.05, 3.63) is 106 Å². The average molecular weight is 510 g/mol. The highest BCUT2D eigenvalue weighted by Gasteiger charge is 2.34. The molecule has 0 radical (unpaired) electrons. The molecule has 0 fully saturated rings. The molecule has 0 heterocycles. The van der Waals surface area contributed by atoms with Gasteiger partial charge in [0.15, 0.2) is 23.3 Å². The lowest BCUT2D eigenvalue weighted by atomic mass is 10.0. The minimum absolute atomic E-state index is 0.00229. The average Bonchev–Trinajstić information content (AvgIpc) is 2.88. The van der Waals surface area contributed by atoms with Crippen LogP contribution in [-0.4, -0.2) is 21.9 Å². The van der Waals surface area contributed by atoms with Crippen LogP contribution in [0.15, 0.2) is 48.5 Å². The van der Waals surface area contributed by atoms with E-state index in [0.29, 0.717) is 16.7 Å². The summed E-state index contributed by atoms with van der Waals surface area (Å²) in [7, 11) is 0. The van der Waals surface area contributed by atoms with Crippen LogP contribution >= 0.6 is 0 Å². The molecule has 0 aliphatic carbocycles. The van der Waals surface area contributed by atoms with Crippen molar-refractivity contribution >= 4 is 11.8 Å². The third-order valence-electron chi connectivity index (χ3n) is 5.65. The van der Waals surface area contributed by atoms with Gasteiger partial charge >= 0.3 is 0 Å². The van der Waals surface area contributed by atoms with Crippen LogP contribution in [0, 0.1) is 34.9 Å². The molecular formula is C25H20F6N2O3. The van der Waals surface area contributed by atoms with Crippen LogP contribution in [0.3, 0.4) is 0 Å². The van der Waals surface area contributed by atoms with E-state index in [2.05, 4.69) is 0 Å². The number of nitrogens with zero attached hydrogens (tertiary/aromatic N) is 1. The summed E-state index contributed by atoms with van der Waals surface area (Å²) in [5.41, 5.74) is 1.39. The molecule has 0 spiro atoms. The topological polar surface area (TPSA) is 69.6 Å². The Hall–Kier alpha value is -3.86. The van der Waals surface area contributed by atoms with Gasteiger partial charge in [0, 0.05) is 13.0 Å². The predicted octanol–water partition coefficient (Wildman–Crippen LogP) is 5.36. The van der Waals surface area contributed by atoms with Gasteiger partial charge in [0.2, 0.25) is 11.7 Å². The number of amides is 2. The third kappa shape index (κ3) is 5.68. The van der Waals surface area contributed by atoms with Gasteiger partial charge in [0.05, 0.1) is 6.04 Å². The fraction of sp³-hybridized carbons (Fsp3) is 0.200. The van der Waals surface area contributed by atoms with Crippen LogP contribution < -0.4 is 5.48 Å². The Morgan fingerprint density at radius 1 is 0.806 bits per heavy atom. The van der Waals surface area contributed by atoms with Gasteiger partial charge in [0.1, 0.15) is 11.4 Å². The Morgan fingerprint density at radius 3 is 1.83 bits per heavy atom. The maximum Gasteiger partial charge on any atom is 0.260 e. The van der Waals surface area contributed by atoms with Gasteiger partial charge in [-0.05, 0) is 42.2 Å². The maximum atomic E-state index is 14.4. The van der Waals surface area contributed by atoms with E-state index in [-0.39, 0.29) is 19.4 Å². The maximum absolute atomic E-state index is 14.4. The van der Waals surface area contributed by atoms with E-state index in [4.69, 9.17) is 5.21 Å². The third-order valence-corrected chi connectivity index (χ3v) is 5.65. The van der Waals surface area contributed by atoms with Crippen molar-refractivity contribution < 1.29 is 41.1 Å². The summed E-state index contributed by atoms with van der Waals surface area (Å²) in [5, 5.41) is 8.57. The normalized spacial score (nSPS) is 11.8. The van der Waals surface area contributed by atoms with Crippen molar-refractivity contribution in [2.24, 2.45) is 0 Å². The van der Waals surface area contributed by atoms with Crippen LogP contribution in [0.4, 0.5) is 26.3 Å². The van der Waals surface area contributed by atoms with Gasteiger partial charge < -0.3 is 4.90 Å². The highest BCUT2D eigenvalue weighted by Crippen LogP contribution is 2.29. The van der Waals surface area contributed by atoms with Crippen LogP contribution in [-0.2, 0) is 17.8 Å². The number of carbonyl (C=O) groups is 2. The second-order valence-electron chi connectivity index (χ2n) is 7.96. The molecule has 1 atom stereocenters. The molecule has 0 bridgehead atoms. The SMILES string of the molecule is CC(c1ccc(F)cc1)N(Cc1ccc(CCC(=O)NO)cc1)C(=O)c1c(F)c(F)c(F)c(F)c1F. The Kier molecular flexibility index (Phi) is 8.36. The lowest BCUT2D eigenvalue weighted by Gasteiger charge is -2.30. The van der Waals surface area contributed by atoms with Crippen molar-refractivity contribution in [1.82, 2.24) is 10.4 Å². The van der Waals surface area contributed by atoms with Crippen LogP contribution in [0.2, 0.25) is 0 Å². The number of rotatable bonds is 8. The van der Waals surface area contributed by atoms with Gasteiger partial charge in [-0.2, -0.15) is 0 Å². The number of benzene rings is 3. The summed E-state index contributed by atoms with van der Waals surface area (Å²) in [6.45, 7) is 1.16. The molecule has 1 unspecified atom stereocenters. The summed E-state index contributed by atoms with van der Waals surface area (Å²) in [5.74, 6) is -14.0. The summed E-state index contributed by atoms with van der Waals surface area (Å²) in [6.07, 6.45) is 0.286. The largest absolute Gasteiger partial charge is 0.327 e. The summed E-state index contributed by atoms with van der Waals surface area (Å²) in [6, 6.07) is 10.2. The van der Waals surface area contributed by atoms with E-state index in [9.17, 15) is 35.9 Å². The van der Waals surface area contributed by atoms with Crippen molar-refractivity contribution in [3.63, 3.8) is 0 Å². The number of hydrogen-bond donors (Lipinski definition) is 2. The summed E-state index contributed by atoms with van der Waals surface area (Å²) in [4.78, 5) is 25.3. The molecule has 3 aromatic rings. The van der Waals surface area contributed by atoms with E-state index in [1.165, 1.54) is 24.5 Å². The monoisotopic (exact) mass is 510 g/mol. The molecule has 3 rings (SSSR count). The van der Waals surface area contributed by atoms with Crippen molar-refractivity contribution in [3.8, 4) is 0 Å². The number of nitrogens with one attached hydrogen (secondary N) is 1. The van der Waals surface area contributed by atoms with E-state index < -0.39 is 58.3 Å². The first kappa shape index (κ1) is 26.7. The molecule has 2 amide bonds. The molecule has 0 saturated heterocycles. The fourth-order valence-corrected chi connectivity index (χ4v) is 3.56. The van der Waals surface area contributed by atoms with Crippen LogP contribution in [0.1, 0.15) is 46.4 Å². The van der Waals surface area contributed by atoms with E-state index in [0.717, 1.165) is 17.0 Å². The van der Waals surface area contributed by atoms with Gasteiger partial charge in [-0.1, -0.05) is 36.4 Å². The fourth-order valence-electron chi connectivity index (χ4n) is 3.56. The molecule has 0 saturated carbocycles. The number of carbonyl (C=O) groups excluding carboxylic acids is 2. The molecule has 2 N–H and O–H groups in total. The van der Waals surface area contributed by atoms with Gasteiger partial charge in [0.25, 0.3) is 5.91 Å². The van der Waals surface area contributed by atoms with Gasteiger partial charge in [-0.25, -0.2) is 31.8 Å². The molecule has 11 heteroatoms. The number of hydroxylamine groups is 1. The summed E-state index contributed by atoms with van der Waals surface area (Å²) < 4.78 is 83.4. The minimum atomic E-state index is -2.38. The van der Waals surface area contributed by atoms with Gasteiger partial charge in [-0.3, -0.25) is 14.8 Å². The molecule has 36 heavy (non-hydrogen) atoms. The molecule has 0 aromatic heterocycles. The van der Waals surface area contributed by atoms with E-state index >= 15 is 0 Å². The van der Waals surface area contributed by atoms with Crippen LogP contribution in [0.5, 0.6) is 0 Å². The zero-order valence-corrected chi connectivity index (χ0v) is 18.8. The highest BCUT2D eigenvalue weighted by atomic mass is 19.2. The summed E-state index contributed by atoms with van der Waals surface area (Å²) >= 11 is 0. The van der Waals surface area contributed by atoms with Gasteiger partial charge in [-0.15, -0.1) is 0 Å². The molecule has 0 aliphatic rings. The minimum Gasteiger partial charge on any atom is -0.327 e. The lowest BCUT2D eigenvalue weighted by molar-refractivity contribution is -0.129. The quantitative estimate of drug-likeness (QED) is 0.141.